The van der Waals surface area contributed by atoms with Crippen LogP contribution in [-0.2, 0) is 9.63 Å². The van der Waals surface area contributed by atoms with Crippen molar-refractivity contribution in [2.24, 2.45) is 5.16 Å². The van der Waals surface area contributed by atoms with Gasteiger partial charge in [0.1, 0.15) is 17.3 Å². The smallest absolute Gasteiger partial charge is 0.264 e. The molecule has 1 aliphatic rings. The molecule has 0 aliphatic carbocycles. The van der Waals surface area contributed by atoms with Gasteiger partial charge in [-0.2, -0.15) is 0 Å². The molecular weight excluding hydrogens is 351 g/mol. The van der Waals surface area contributed by atoms with E-state index in [0.717, 1.165) is 5.56 Å². The van der Waals surface area contributed by atoms with E-state index >= 15 is 0 Å². The molecule has 0 spiro atoms. The predicted molar refractivity (Wildman–Crippen MR) is 98.5 cm³/mol. The lowest BCUT2D eigenvalue weighted by Gasteiger charge is -2.19. The fraction of sp³-hybridized carbons (Fsp3) is 0.300. The van der Waals surface area contributed by atoms with Gasteiger partial charge in [-0.05, 0) is 37.3 Å². The summed E-state index contributed by atoms with van der Waals surface area (Å²) >= 11 is 0. The molecule has 1 amide bonds. The fourth-order valence-corrected chi connectivity index (χ4v) is 2.92. The third-order valence-electron chi connectivity index (χ3n) is 4.38. The van der Waals surface area contributed by atoms with Crippen LogP contribution in [0.4, 0.5) is 4.39 Å². The Labute approximate surface area is 156 Å². The van der Waals surface area contributed by atoms with E-state index < -0.39 is 6.10 Å². The Bertz CT molecular complexity index is 869. The minimum atomic E-state index is -0.762. The molecule has 0 saturated carbocycles. The van der Waals surface area contributed by atoms with Gasteiger partial charge >= 0.3 is 0 Å². The molecular formula is C20H21FN2O4. The second-order valence-corrected chi connectivity index (χ2v) is 6.18. The Morgan fingerprint density at radius 2 is 2.07 bits per heavy atom. The van der Waals surface area contributed by atoms with Gasteiger partial charge in [-0.1, -0.05) is 17.3 Å². The number of methoxy groups -OCH3 is 2. The number of carbonyl (C=O) groups excluding carboxylic acids is 1. The van der Waals surface area contributed by atoms with E-state index in [9.17, 15) is 9.18 Å². The molecule has 6 nitrogen and oxygen atoms in total. The zero-order valence-electron chi connectivity index (χ0n) is 15.4. The van der Waals surface area contributed by atoms with Gasteiger partial charge in [-0.3, -0.25) is 4.79 Å². The normalized spacial score (nSPS) is 16.9. The number of benzene rings is 2. The van der Waals surface area contributed by atoms with Crippen molar-refractivity contribution in [3.63, 3.8) is 0 Å². The first kappa shape index (κ1) is 18.7. The Morgan fingerprint density at radius 1 is 1.26 bits per heavy atom. The van der Waals surface area contributed by atoms with Gasteiger partial charge < -0.3 is 19.6 Å². The molecule has 0 bridgehead atoms. The van der Waals surface area contributed by atoms with Crippen molar-refractivity contribution in [3.05, 3.63) is 59.4 Å². The van der Waals surface area contributed by atoms with Gasteiger partial charge in [0.05, 0.1) is 26.0 Å². The van der Waals surface area contributed by atoms with Crippen molar-refractivity contribution in [2.75, 3.05) is 14.2 Å². The number of amides is 1. The van der Waals surface area contributed by atoms with Crippen LogP contribution in [0.15, 0.2) is 47.6 Å². The summed E-state index contributed by atoms with van der Waals surface area (Å²) in [6.45, 7) is 1.85. The number of halogens is 1. The number of nitrogens with one attached hydrogen (secondary N) is 1. The first-order valence-electron chi connectivity index (χ1n) is 8.52. The Balaban J connectivity index is 1.66. The lowest BCUT2D eigenvalue weighted by molar-refractivity contribution is -0.131. The van der Waals surface area contributed by atoms with Crippen molar-refractivity contribution in [1.82, 2.24) is 5.32 Å². The molecule has 0 aromatic heterocycles. The summed E-state index contributed by atoms with van der Waals surface area (Å²) in [6, 6.07) is 11.1. The second-order valence-electron chi connectivity index (χ2n) is 6.18. The lowest BCUT2D eigenvalue weighted by atomic mass is 10.0. The molecule has 2 atom stereocenters. The third-order valence-corrected chi connectivity index (χ3v) is 4.38. The summed E-state index contributed by atoms with van der Waals surface area (Å²) in [5, 5.41) is 6.84. The highest BCUT2D eigenvalue weighted by Crippen LogP contribution is 2.29. The van der Waals surface area contributed by atoms with Crippen molar-refractivity contribution >= 4 is 11.6 Å². The van der Waals surface area contributed by atoms with E-state index in [-0.39, 0.29) is 24.2 Å². The van der Waals surface area contributed by atoms with Crippen molar-refractivity contribution < 1.29 is 23.5 Å². The fourth-order valence-electron chi connectivity index (χ4n) is 2.92. The maximum Gasteiger partial charge on any atom is 0.264 e. The predicted octanol–water partition coefficient (Wildman–Crippen LogP) is 3.21. The average Bonchev–Trinajstić information content (AvgIpc) is 3.17. The summed E-state index contributed by atoms with van der Waals surface area (Å²) in [5.74, 6) is 0.651. The highest BCUT2D eigenvalue weighted by Gasteiger charge is 2.30. The number of nitrogens with zero attached hydrogens (tertiary/aromatic N) is 1. The molecule has 7 heteroatoms. The molecule has 0 fully saturated rings. The van der Waals surface area contributed by atoms with Gasteiger partial charge in [0, 0.05) is 17.5 Å². The van der Waals surface area contributed by atoms with Gasteiger partial charge in [0.15, 0.2) is 0 Å². The van der Waals surface area contributed by atoms with Crippen LogP contribution in [-0.4, -0.2) is 31.9 Å². The van der Waals surface area contributed by atoms with Crippen molar-refractivity contribution in [2.45, 2.75) is 25.5 Å². The first-order valence-corrected chi connectivity index (χ1v) is 8.52. The summed E-state index contributed by atoms with van der Waals surface area (Å²) in [5.41, 5.74) is 1.93. The topological polar surface area (TPSA) is 69.2 Å². The van der Waals surface area contributed by atoms with Crippen LogP contribution in [0.5, 0.6) is 11.5 Å². The SMILES string of the molecule is COc1ccc(OC)c([C@H](C)NC(=O)[C@H]2CC(c3cccc(F)c3)=NO2)c1. The van der Waals surface area contributed by atoms with Crippen LogP contribution in [0.2, 0.25) is 0 Å². The number of hydrogen-bond donors (Lipinski definition) is 1. The van der Waals surface area contributed by atoms with Crippen LogP contribution in [0.1, 0.15) is 30.5 Å². The first-order chi connectivity index (χ1) is 13.0. The lowest BCUT2D eigenvalue weighted by Crippen LogP contribution is -2.36. The Kier molecular flexibility index (Phi) is 5.59. The molecule has 0 saturated heterocycles. The van der Waals surface area contributed by atoms with E-state index in [0.29, 0.717) is 22.8 Å². The van der Waals surface area contributed by atoms with Crippen LogP contribution in [0.25, 0.3) is 0 Å². The van der Waals surface area contributed by atoms with Gasteiger partial charge in [-0.15, -0.1) is 0 Å². The van der Waals surface area contributed by atoms with Gasteiger partial charge in [0.25, 0.3) is 5.91 Å². The molecule has 142 valence electrons. The highest BCUT2D eigenvalue weighted by atomic mass is 19.1. The number of hydrogen-bond acceptors (Lipinski definition) is 5. The number of carbonyl (C=O) groups is 1. The molecule has 1 heterocycles. The number of ether oxygens (including phenoxy) is 2. The van der Waals surface area contributed by atoms with Gasteiger partial charge in [0.2, 0.25) is 6.10 Å². The molecule has 0 unspecified atom stereocenters. The zero-order valence-corrected chi connectivity index (χ0v) is 15.4. The molecule has 3 rings (SSSR count). The largest absolute Gasteiger partial charge is 0.497 e. The van der Waals surface area contributed by atoms with Crippen LogP contribution in [0.3, 0.4) is 0 Å². The number of rotatable bonds is 6. The molecule has 1 N–H and O–H groups in total. The summed E-state index contributed by atoms with van der Waals surface area (Å²) in [4.78, 5) is 17.8. The number of oxime groups is 1. The van der Waals surface area contributed by atoms with E-state index in [2.05, 4.69) is 10.5 Å². The van der Waals surface area contributed by atoms with Crippen LogP contribution in [0, 0.1) is 5.82 Å². The Hall–Kier alpha value is -3.09. The molecule has 2 aromatic carbocycles. The summed E-state index contributed by atoms with van der Waals surface area (Å²) in [6.07, 6.45) is -0.487. The zero-order chi connectivity index (χ0) is 19.4. The van der Waals surface area contributed by atoms with Gasteiger partial charge in [-0.25, -0.2) is 4.39 Å². The maximum atomic E-state index is 13.4. The minimum absolute atomic E-state index is 0.275. The monoisotopic (exact) mass is 372 g/mol. The standard InChI is InChI=1S/C20H21FN2O4/c1-12(16-10-15(25-2)7-8-18(16)26-3)22-20(24)19-11-17(23-27-19)13-5-4-6-14(21)9-13/h4-10,12,19H,11H2,1-3H3,(H,22,24)/t12-,19+/m0/s1. The summed E-state index contributed by atoms with van der Waals surface area (Å²) in [7, 11) is 3.14. The van der Waals surface area contributed by atoms with E-state index in [1.54, 1.807) is 38.5 Å². The highest BCUT2D eigenvalue weighted by molar-refractivity contribution is 6.04. The molecule has 1 aliphatic heterocycles. The summed E-state index contributed by atoms with van der Waals surface area (Å²) < 4.78 is 24.0. The van der Waals surface area contributed by atoms with Crippen molar-refractivity contribution in [3.8, 4) is 11.5 Å². The average molecular weight is 372 g/mol. The van der Waals surface area contributed by atoms with E-state index in [1.807, 2.05) is 13.0 Å². The third kappa shape index (κ3) is 4.19. The quantitative estimate of drug-likeness (QED) is 0.845. The molecule has 2 aromatic rings. The molecule has 27 heavy (non-hydrogen) atoms. The second kappa shape index (κ2) is 8.07. The van der Waals surface area contributed by atoms with E-state index in [4.69, 9.17) is 14.3 Å². The Morgan fingerprint density at radius 3 is 2.78 bits per heavy atom. The maximum absolute atomic E-state index is 13.4. The van der Waals surface area contributed by atoms with Crippen LogP contribution >= 0.6 is 0 Å². The van der Waals surface area contributed by atoms with Crippen molar-refractivity contribution in [1.29, 1.82) is 0 Å². The minimum Gasteiger partial charge on any atom is -0.497 e. The van der Waals surface area contributed by atoms with E-state index in [1.165, 1.54) is 12.1 Å². The van der Waals surface area contributed by atoms with Crippen LogP contribution < -0.4 is 14.8 Å². The molecule has 0 radical (unpaired) electrons.